The van der Waals surface area contributed by atoms with Crippen molar-refractivity contribution in [2.75, 3.05) is 0 Å². The summed E-state index contributed by atoms with van der Waals surface area (Å²) in [5.41, 5.74) is 1.05. The van der Waals surface area contributed by atoms with Gasteiger partial charge in [-0.3, -0.25) is 0 Å². The highest BCUT2D eigenvalue weighted by Crippen LogP contribution is 2.31. The highest BCUT2D eigenvalue weighted by molar-refractivity contribution is 5.29. The molecular weight excluding hydrogens is 215 g/mol. The maximum absolute atomic E-state index is 13.6. The summed E-state index contributed by atoms with van der Waals surface area (Å²) in [5, 5.41) is 0. The molecule has 1 fully saturated rings. The average Bonchev–Trinajstić information content (AvgIpc) is 2.34. The first-order valence-electron chi connectivity index (χ1n) is 6.63. The molecule has 2 heteroatoms. The molecule has 1 aromatic rings. The lowest BCUT2D eigenvalue weighted by molar-refractivity contribution is 0.0862. The third-order valence-electron chi connectivity index (χ3n) is 3.73. The van der Waals surface area contributed by atoms with E-state index in [1.165, 1.54) is 25.3 Å². The molecule has 0 N–H and O–H groups in total. The van der Waals surface area contributed by atoms with Crippen LogP contribution in [0.5, 0.6) is 5.75 Å². The summed E-state index contributed by atoms with van der Waals surface area (Å²) in [6.45, 7) is 4.16. The van der Waals surface area contributed by atoms with Crippen molar-refractivity contribution in [3.8, 4) is 5.75 Å². The van der Waals surface area contributed by atoms with E-state index >= 15 is 0 Å². The van der Waals surface area contributed by atoms with E-state index in [2.05, 4.69) is 6.92 Å². The summed E-state index contributed by atoms with van der Waals surface area (Å²) in [7, 11) is 0. The monoisotopic (exact) mass is 236 g/mol. The van der Waals surface area contributed by atoms with Crippen molar-refractivity contribution in [1.29, 1.82) is 0 Å². The normalized spacial score (nSPS) is 24.6. The number of halogens is 1. The van der Waals surface area contributed by atoms with Gasteiger partial charge in [-0.25, -0.2) is 4.39 Å². The molecule has 0 bridgehead atoms. The largest absolute Gasteiger partial charge is 0.487 e. The van der Waals surface area contributed by atoms with Crippen molar-refractivity contribution in [3.63, 3.8) is 0 Å². The van der Waals surface area contributed by atoms with E-state index in [4.69, 9.17) is 4.74 Å². The lowest BCUT2D eigenvalue weighted by Gasteiger charge is -2.31. The third-order valence-corrected chi connectivity index (χ3v) is 3.73. The first-order chi connectivity index (χ1) is 8.20. The Morgan fingerprint density at radius 1 is 1.29 bits per heavy atom. The zero-order valence-corrected chi connectivity index (χ0v) is 10.7. The van der Waals surface area contributed by atoms with Crippen LogP contribution in [0.4, 0.5) is 4.39 Å². The van der Waals surface area contributed by atoms with Gasteiger partial charge in [0.2, 0.25) is 0 Å². The van der Waals surface area contributed by atoms with Gasteiger partial charge in [0.25, 0.3) is 0 Å². The van der Waals surface area contributed by atoms with Crippen LogP contribution >= 0.6 is 0 Å². The maximum Gasteiger partial charge on any atom is 0.165 e. The number of rotatable bonds is 3. The SMILES string of the molecule is CCC1CCCCC1Oc1cc(C)ccc1F. The maximum atomic E-state index is 13.6. The fourth-order valence-corrected chi connectivity index (χ4v) is 2.66. The Morgan fingerprint density at radius 3 is 2.82 bits per heavy atom. The van der Waals surface area contributed by atoms with Gasteiger partial charge >= 0.3 is 0 Å². The van der Waals surface area contributed by atoms with Crippen molar-refractivity contribution in [2.24, 2.45) is 5.92 Å². The number of hydrogen-bond acceptors (Lipinski definition) is 1. The number of aryl methyl sites for hydroxylation is 1. The second-order valence-corrected chi connectivity index (χ2v) is 5.04. The van der Waals surface area contributed by atoms with Gasteiger partial charge < -0.3 is 4.74 Å². The Bertz CT molecular complexity index is 375. The van der Waals surface area contributed by atoms with E-state index in [0.717, 1.165) is 18.4 Å². The molecule has 0 aromatic heterocycles. The number of ether oxygens (including phenoxy) is 1. The van der Waals surface area contributed by atoms with Crippen molar-refractivity contribution >= 4 is 0 Å². The predicted octanol–water partition coefficient (Wildman–Crippen LogP) is 4.48. The van der Waals surface area contributed by atoms with E-state index in [-0.39, 0.29) is 11.9 Å². The molecule has 0 heterocycles. The van der Waals surface area contributed by atoms with E-state index in [1.54, 1.807) is 12.1 Å². The van der Waals surface area contributed by atoms with E-state index in [1.807, 2.05) is 6.92 Å². The van der Waals surface area contributed by atoms with Crippen molar-refractivity contribution in [3.05, 3.63) is 29.6 Å². The van der Waals surface area contributed by atoms with Gasteiger partial charge in [-0.15, -0.1) is 0 Å². The molecule has 17 heavy (non-hydrogen) atoms. The van der Waals surface area contributed by atoms with Gasteiger partial charge in [-0.05, 0) is 56.2 Å². The van der Waals surface area contributed by atoms with Gasteiger partial charge in [0.1, 0.15) is 6.10 Å². The highest BCUT2D eigenvalue weighted by Gasteiger charge is 2.25. The summed E-state index contributed by atoms with van der Waals surface area (Å²) in [6, 6.07) is 5.07. The van der Waals surface area contributed by atoms with Crippen LogP contribution in [0.25, 0.3) is 0 Å². The summed E-state index contributed by atoms with van der Waals surface area (Å²) in [5.74, 6) is 0.773. The fraction of sp³-hybridized carbons (Fsp3) is 0.600. The summed E-state index contributed by atoms with van der Waals surface area (Å²) in [4.78, 5) is 0. The topological polar surface area (TPSA) is 9.23 Å². The van der Waals surface area contributed by atoms with Crippen LogP contribution in [-0.2, 0) is 0 Å². The Kier molecular flexibility index (Phi) is 4.03. The van der Waals surface area contributed by atoms with Crippen LogP contribution in [0.2, 0.25) is 0 Å². The summed E-state index contributed by atoms with van der Waals surface area (Å²) in [6.07, 6.45) is 6.09. The third kappa shape index (κ3) is 2.99. The number of benzene rings is 1. The zero-order valence-electron chi connectivity index (χ0n) is 10.7. The van der Waals surface area contributed by atoms with Crippen LogP contribution < -0.4 is 4.74 Å². The second-order valence-electron chi connectivity index (χ2n) is 5.04. The van der Waals surface area contributed by atoms with Gasteiger partial charge in [-0.2, -0.15) is 0 Å². The van der Waals surface area contributed by atoms with Crippen molar-refractivity contribution in [2.45, 2.75) is 52.1 Å². The minimum atomic E-state index is -0.240. The molecule has 1 aliphatic carbocycles. The first kappa shape index (κ1) is 12.4. The highest BCUT2D eigenvalue weighted by atomic mass is 19.1. The Labute approximate surface area is 103 Å². The van der Waals surface area contributed by atoms with Gasteiger partial charge in [0.15, 0.2) is 11.6 Å². The van der Waals surface area contributed by atoms with E-state index in [9.17, 15) is 4.39 Å². The average molecular weight is 236 g/mol. The number of hydrogen-bond donors (Lipinski definition) is 0. The molecule has 0 saturated heterocycles. The standard InChI is InChI=1S/C15H21FO/c1-3-12-6-4-5-7-14(12)17-15-10-11(2)8-9-13(15)16/h8-10,12,14H,3-7H2,1-2H3. The minimum Gasteiger partial charge on any atom is -0.487 e. The van der Waals surface area contributed by atoms with E-state index < -0.39 is 0 Å². The lowest BCUT2D eigenvalue weighted by Crippen LogP contribution is -2.30. The predicted molar refractivity (Wildman–Crippen MR) is 67.8 cm³/mol. The van der Waals surface area contributed by atoms with E-state index in [0.29, 0.717) is 11.7 Å². The van der Waals surface area contributed by atoms with Crippen LogP contribution in [-0.4, -0.2) is 6.10 Å². The smallest absolute Gasteiger partial charge is 0.165 e. The molecule has 0 aliphatic heterocycles. The molecule has 1 aliphatic rings. The van der Waals surface area contributed by atoms with Crippen LogP contribution in [0, 0.1) is 18.7 Å². The molecule has 2 rings (SSSR count). The molecular formula is C15H21FO. The summed E-state index contributed by atoms with van der Waals surface area (Å²) < 4.78 is 19.5. The molecule has 2 unspecified atom stereocenters. The molecule has 0 amide bonds. The van der Waals surface area contributed by atoms with Gasteiger partial charge in [-0.1, -0.05) is 19.4 Å². The Hall–Kier alpha value is -1.05. The van der Waals surface area contributed by atoms with Gasteiger partial charge in [0, 0.05) is 0 Å². The Morgan fingerprint density at radius 2 is 2.06 bits per heavy atom. The molecule has 1 saturated carbocycles. The molecule has 94 valence electrons. The van der Waals surface area contributed by atoms with Gasteiger partial charge in [0.05, 0.1) is 0 Å². The molecule has 0 radical (unpaired) electrons. The molecule has 1 nitrogen and oxygen atoms in total. The fourth-order valence-electron chi connectivity index (χ4n) is 2.66. The van der Waals surface area contributed by atoms with Crippen molar-refractivity contribution in [1.82, 2.24) is 0 Å². The lowest BCUT2D eigenvalue weighted by atomic mass is 9.85. The second kappa shape index (κ2) is 5.52. The molecule has 2 atom stereocenters. The van der Waals surface area contributed by atoms with Crippen LogP contribution in [0.1, 0.15) is 44.6 Å². The molecule has 1 aromatic carbocycles. The summed E-state index contributed by atoms with van der Waals surface area (Å²) >= 11 is 0. The zero-order chi connectivity index (χ0) is 12.3. The quantitative estimate of drug-likeness (QED) is 0.751. The first-order valence-corrected chi connectivity index (χ1v) is 6.63. The van der Waals surface area contributed by atoms with Crippen molar-refractivity contribution < 1.29 is 9.13 Å². The Balaban J connectivity index is 2.10. The molecule has 0 spiro atoms. The van der Waals surface area contributed by atoms with Crippen LogP contribution in [0.3, 0.4) is 0 Å². The minimum absolute atomic E-state index is 0.199. The van der Waals surface area contributed by atoms with Crippen LogP contribution in [0.15, 0.2) is 18.2 Å².